The first-order valence-electron chi connectivity index (χ1n) is 6.46. The maximum atomic E-state index is 13.2. The van der Waals surface area contributed by atoms with E-state index in [-0.39, 0.29) is 28.8 Å². The van der Waals surface area contributed by atoms with Crippen LogP contribution in [-0.4, -0.2) is 33.8 Å². The van der Waals surface area contributed by atoms with Gasteiger partial charge in [0.2, 0.25) is 5.65 Å². The van der Waals surface area contributed by atoms with Crippen molar-refractivity contribution in [2.75, 3.05) is 14.2 Å². The Hall–Kier alpha value is -2.84. The number of hydrogen-bond acceptors (Lipinski definition) is 5. The molecular formula is C14H11F3N4O2. The van der Waals surface area contributed by atoms with Gasteiger partial charge in [0.1, 0.15) is 0 Å². The van der Waals surface area contributed by atoms with Crippen LogP contribution in [0.25, 0.3) is 17.0 Å². The molecule has 2 heterocycles. The summed E-state index contributed by atoms with van der Waals surface area (Å²) in [5.74, 6) is 0.177. The monoisotopic (exact) mass is 324 g/mol. The van der Waals surface area contributed by atoms with Crippen LogP contribution < -0.4 is 9.47 Å². The molecule has 0 spiro atoms. The maximum absolute atomic E-state index is 13.2. The molecule has 0 unspecified atom stereocenters. The molecule has 6 nitrogen and oxygen atoms in total. The molecule has 3 rings (SSSR count). The molecule has 0 saturated carbocycles. The highest BCUT2D eigenvalue weighted by atomic mass is 19.4. The van der Waals surface area contributed by atoms with Crippen molar-refractivity contribution in [1.82, 2.24) is 19.6 Å². The van der Waals surface area contributed by atoms with Crippen LogP contribution in [0, 0.1) is 0 Å². The third-order valence-corrected chi connectivity index (χ3v) is 3.18. The second-order valence-corrected chi connectivity index (χ2v) is 4.53. The van der Waals surface area contributed by atoms with Crippen LogP contribution in [0.5, 0.6) is 11.8 Å². The van der Waals surface area contributed by atoms with Crippen LogP contribution in [0.2, 0.25) is 0 Å². The molecule has 0 saturated heterocycles. The smallest absolute Gasteiger partial charge is 0.417 e. The molecule has 0 fully saturated rings. The molecule has 0 amide bonds. The number of fused-ring (bicyclic) bond motifs is 1. The lowest BCUT2D eigenvalue weighted by Crippen LogP contribution is -2.07. The van der Waals surface area contributed by atoms with E-state index in [4.69, 9.17) is 9.47 Å². The second-order valence-electron chi connectivity index (χ2n) is 4.53. The lowest BCUT2D eigenvalue weighted by molar-refractivity contribution is -0.137. The van der Waals surface area contributed by atoms with Crippen molar-refractivity contribution < 1.29 is 22.6 Å². The minimum Gasteiger partial charge on any atom is -0.491 e. The Bertz CT molecular complexity index is 820. The minimum absolute atomic E-state index is 0.0871. The Morgan fingerprint density at radius 1 is 1.09 bits per heavy atom. The second kappa shape index (κ2) is 5.41. The zero-order chi connectivity index (χ0) is 16.6. The summed E-state index contributed by atoms with van der Waals surface area (Å²) in [5, 5.41) is 4.07. The highest BCUT2D eigenvalue weighted by Gasteiger charge is 2.34. The van der Waals surface area contributed by atoms with E-state index in [1.807, 2.05) is 0 Å². The Balaban J connectivity index is 2.27. The van der Waals surface area contributed by atoms with Crippen LogP contribution in [0.1, 0.15) is 5.56 Å². The molecule has 0 radical (unpaired) electrons. The van der Waals surface area contributed by atoms with Gasteiger partial charge in [-0.25, -0.2) is 4.98 Å². The van der Waals surface area contributed by atoms with E-state index in [0.717, 1.165) is 6.07 Å². The van der Waals surface area contributed by atoms with Crippen LogP contribution in [0.3, 0.4) is 0 Å². The van der Waals surface area contributed by atoms with Gasteiger partial charge >= 0.3 is 12.2 Å². The average molecular weight is 324 g/mol. The zero-order valence-corrected chi connectivity index (χ0v) is 12.1. The van der Waals surface area contributed by atoms with E-state index in [0.29, 0.717) is 0 Å². The predicted octanol–water partition coefficient (Wildman–Crippen LogP) is 2.83. The van der Waals surface area contributed by atoms with Gasteiger partial charge in [-0.05, 0) is 6.07 Å². The third-order valence-electron chi connectivity index (χ3n) is 3.18. The first kappa shape index (κ1) is 15.1. The van der Waals surface area contributed by atoms with Crippen molar-refractivity contribution in [1.29, 1.82) is 0 Å². The molecule has 2 aromatic heterocycles. The topological polar surface area (TPSA) is 61.5 Å². The van der Waals surface area contributed by atoms with E-state index < -0.39 is 11.7 Å². The fourth-order valence-electron chi connectivity index (χ4n) is 2.15. The molecule has 0 atom stereocenters. The van der Waals surface area contributed by atoms with E-state index in [2.05, 4.69) is 15.1 Å². The number of methoxy groups -OCH3 is 2. The Kier molecular flexibility index (Phi) is 3.55. The van der Waals surface area contributed by atoms with Gasteiger partial charge in [0.15, 0.2) is 11.6 Å². The summed E-state index contributed by atoms with van der Waals surface area (Å²) in [6, 6.07) is 5.18. The summed E-state index contributed by atoms with van der Waals surface area (Å²) in [6.07, 6.45) is -3.15. The Morgan fingerprint density at radius 3 is 2.48 bits per heavy atom. The van der Waals surface area contributed by atoms with Gasteiger partial charge in [0.05, 0.1) is 26.0 Å². The van der Waals surface area contributed by atoms with Crippen molar-refractivity contribution in [3.63, 3.8) is 0 Å². The summed E-state index contributed by atoms with van der Waals surface area (Å²) in [4.78, 5) is 8.11. The third kappa shape index (κ3) is 2.54. The fourth-order valence-corrected chi connectivity index (χ4v) is 2.15. The number of rotatable bonds is 3. The van der Waals surface area contributed by atoms with E-state index in [1.165, 1.54) is 43.1 Å². The number of aromatic nitrogens is 4. The molecule has 0 N–H and O–H groups in total. The lowest BCUT2D eigenvalue weighted by Gasteiger charge is -2.09. The molecule has 1 aromatic carbocycles. The van der Waals surface area contributed by atoms with Gasteiger partial charge in [-0.1, -0.05) is 18.2 Å². The Morgan fingerprint density at radius 2 is 1.83 bits per heavy atom. The van der Waals surface area contributed by atoms with Crippen LogP contribution in [-0.2, 0) is 6.18 Å². The Labute approximate surface area is 128 Å². The number of halogens is 3. The van der Waals surface area contributed by atoms with Crippen molar-refractivity contribution in [2.24, 2.45) is 0 Å². The summed E-state index contributed by atoms with van der Waals surface area (Å²) in [7, 11) is 2.78. The van der Waals surface area contributed by atoms with E-state index in [1.54, 1.807) is 0 Å². The zero-order valence-electron chi connectivity index (χ0n) is 12.1. The molecule has 3 aromatic rings. The van der Waals surface area contributed by atoms with Gasteiger partial charge in [-0.15, -0.1) is 5.10 Å². The molecular weight excluding hydrogens is 313 g/mol. The summed E-state index contributed by atoms with van der Waals surface area (Å²) >= 11 is 0. The summed E-state index contributed by atoms with van der Waals surface area (Å²) in [5.41, 5.74) is -0.735. The summed E-state index contributed by atoms with van der Waals surface area (Å²) < 4.78 is 50.8. The first-order chi connectivity index (χ1) is 11.0. The summed E-state index contributed by atoms with van der Waals surface area (Å²) in [6.45, 7) is 0. The minimum atomic E-state index is -4.51. The quantitative estimate of drug-likeness (QED) is 0.741. The van der Waals surface area contributed by atoms with Crippen LogP contribution in [0.15, 0.2) is 30.5 Å². The van der Waals surface area contributed by atoms with Gasteiger partial charge < -0.3 is 9.47 Å². The van der Waals surface area contributed by atoms with Crippen molar-refractivity contribution in [3.05, 3.63) is 36.0 Å². The standard InChI is InChI=1S/C14H11F3N4O2/c1-22-10-7-18-13(23-2)21-12(10)19-11(20-21)8-5-3-4-6-9(8)14(15,16)17/h3-7H,1-2H3. The van der Waals surface area contributed by atoms with Crippen molar-refractivity contribution >= 4 is 5.65 Å². The largest absolute Gasteiger partial charge is 0.491 e. The normalized spacial score (nSPS) is 11.7. The number of nitrogens with zero attached hydrogens (tertiary/aromatic N) is 4. The van der Waals surface area contributed by atoms with Gasteiger partial charge in [0.25, 0.3) is 0 Å². The van der Waals surface area contributed by atoms with Crippen LogP contribution >= 0.6 is 0 Å². The fraction of sp³-hybridized carbons (Fsp3) is 0.214. The van der Waals surface area contributed by atoms with Gasteiger partial charge in [0, 0.05) is 5.56 Å². The SMILES string of the molecule is COc1cnc(OC)n2nc(-c3ccccc3C(F)(F)F)nc12. The van der Waals surface area contributed by atoms with Gasteiger partial charge in [-0.2, -0.15) is 22.7 Å². The highest BCUT2D eigenvalue weighted by molar-refractivity contribution is 5.65. The first-order valence-corrected chi connectivity index (χ1v) is 6.46. The molecule has 0 aliphatic heterocycles. The molecule has 120 valence electrons. The molecule has 9 heteroatoms. The predicted molar refractivity (Wildman–Crippen MR) is 74.3 cm³/mol. The molecule has 0 aliphatic rings. The van der Waals surface area contributed by atoms with E-state index >= 15 is 0 Å². The number of ether oxygens (including phenoxy) is 2. The van der Waals surface area contributed by atoms with Crippen molar-refractivity contribution in [3.8, 4) is 23.1 Å². The number of benzene rings is 1. The van der Waals surface area contributed by atoms with Gasteiger partial charge in [-0.3, -0.25) is 0 Å². The maximum Gasteiger partial charge on any atom is 0.417 e. The highest BCUT2D eigenvalue weighted by Crippen LogP contribution is 2.36. The number of hydrogen-bond donors (Lipinski definition) is 0. The molecule has 0 aliphatic carbocycles. The van der Waals surface area contributed by atoms with Crippen molar-refractivity contribution in [2.45, 2.75) is 6.18 Å². The molecule has 23 heavy (non-hydrogen) atoms. The van der Waals surface area contributed by atoms with Crippen LogP contribution in [0.4, 0.5) is 13.2 Å². The lowest BCUT2D eigenvalue weighted by atomic mass is 10.1. The average Bonchev–Trinajstić information content (AvgIpc) is 2.98. The number of alkyl halides is 3. The van der Waals surface area contributed by atoms with E-state index in [9.17, 15) is 13.2 Å². The molecule has 0 bridgehead atoms.